The molecule has 2 aromatic carbocycles. The third-order valence-electron chi connectivity index (χ3n) is 3.02. The van der Waals surface area contributed by atoms with E-state index in [4.69, 9.17) is 4.74 Å². The lowest BCUT2D eigenvalue weighted by Crippen LogP contribution is -2.04. The van der Waals surface area contributed by atoms with Crippen LogP contribution >= 0.6 is 31.9 Å². The fourth-order valence-corrected chi connectivity index (χ4v) is 3.03. The fourth-order valence-electron chi connectivity index (χ4n) is 1.96. The van der Waals surface area contributed by atoms with Crippen molar-refractivity contribution in [2.24, 2.45) is 0 Å². The second kappa shape index (κ2) is 6.24. The summed E-state index contributed by atoms with van der Waals surface area (Å²) in [5, 5.41) is 10.5. The van der Waals surface area contributed by atoms with Crippen molar-refractivity contribution in [1.29, 1.82) is 0 Å². The van der Waals surface area contributed by atoms with E-state index in [2.05, 4.69) is 31.9 Å². The van der Waals surface area contributed by atoms with Gasteiger partial charge in [-0.25, -0.2) is 4.39 Å². The van der Waals surface area contributed by atoms with Gasteiger partial charge in [0, 0.05) is 16.1 Å². The standard InChI is InChI=1S/C15H13Br2FO2/c1-8-3-4-9(11(16)5-8)15(19)10-6-12(17)13(18)7-14(10)20-2/h3-7,15,19H,1-2H3. The van der Waals surface area contributed by atoms with Crippen LogP contribution in [0.3, 0.4) is 0 Å². The molecule has 1 atom stereocenters. The number of rotatable bonds is 3. The van der Waals surface area contributed by atoms with E-state index in [-0.39, 0.29) is 4.47 Å². The van der Waals surface area contributed by atoms with Gasteiger partial charge < -0.3 is 9.84 Å². The molecular weight excluding hydrogens is 391 g/mol. The maximum Gasteiger partial charge on any atom is 0.141 e. The molecule has 1 unspecified atom stereocenters. The summed E-state index contributed by atoms with van der Waals surface area (Å²) in [4.78, 5) is 0. The van der Waals surface area contributed by atoms with Crippen LogP contribution in [0.15, 0.2) is 39.3 Å². The van der Waals surface area contributed by atoms with Gasteiger partial charge in [0.15, 0.2) is 0 Å². The second-order valence-corrected chi connectivity index (χ2v) is 6.14. The van der Waals surface area contributed by atoms with Crippen LogP contribution in [0.1, 0.15) is 22.8 Å². The zero-order valence-corrected chi connectivity index (χ0v) is 14.1. The summed E-state index contributed by atoms with van der Waals surface area (Å²) in [6.07, 6.45) is -0.906. The van der Waals surface area contributed by atoms with Crippen LogP contribution in [0.2, 0.25) is 0 Å². The molecule has 0 aliphatic heterocycles. The van der Waals surface area contributed by atoms with Gasteiger partial charge in [-0.1, -0.05) is 28.1 Å². The molecule has 0 aliphatic rings. The number of ether oxygens (including phenoxy) is 1. The molecule has 20 heavy (non-hydrogen) atoms. The Kier molecular flexibility index (Phi) is 4.83. The Morgan fingerprint density at radius 3 is 2.40 bits per heavy atom. The van der Waals surface area contributed by atoms with Crippen molar-refractivity contribution < 1.29 is 14.2 Å². The van der Waals surface area contributed by atoms with Gasteiger partial charge in [-0.05, 0) is 46.1 Å². The zero-order chi connectivity index (χ0) is 14.9. The average molecular weight is 404 g/mol. The minimum atomic E-state index is -0.906. The summed E-state index contributed by atoms with van der Waals surface area (Å²) in [5.41, 5.74) is 2.29. The highest BCUT2D eigenvalue weighted by atomic mass is 79.9. The lowest BCUT2D eigenvalue weighted by molar-refractivity contribution is 0.213. The molecular formula is C15H13Br2FO2. The summed E-state index contributed by atoms with van der Waals surface area (Å²) in [5.74, 6) is -0.119. The first-order valence-corrected chi connectivity index (χ1v) is 7.49. The summed E-state index contributed by atoms with van der Waals surface area (Å²) in [6, 6.07) is 8.45. The van der Waals surface area contributed by atoms with Gasteiger partial charge >= 0.3 is 0 Å². The number of hydrogen-bond acceptors (Lipinski definition) is 2. The van der Waals surface area contributed by atoms with Crippen molar-refractivity contribution in [3.05, 3.63) is 61.8 Å². The Labute approximate surface area is 133 Å². The third kappa shape index (κ3) is 3.05. The number of aliphatic hydroxyl groups excluding tert-OH is 1. The van der Waals surface area contributed by atoms with Crippen LogP contribution in [0.5, 0.6) is 5.75 Å². The van der Waals surface area contributed by atoms with Crippen LogP contribution in [-0.2, 0) is 0 Å². The molecule has 0 saturated heterocycles. The van der Waals surface area contributed by atoms with Crippen molar-refractivity contribution in [2.75, 3.05) is 7.11 Å². The fraction of sp³-hybridized carbons (Fsp3) is 0.200. The van der Waals surface area contributed by atoms with Gasteiger partial charge in [-0.15, -0.1) is 0 Å². The predicted octanol–water partition coefficient (Wildman–Crippen LogP) is 4.75. The Balaban J connectivity index is 2.52. The molecule has 0 saturated carbocycles. The lowest BCUT2D eigenvalue weighted by atomic mass is 9.99. The van der Waals surface area contributed by atoms with Gasteiger partial charge in [-0.2, -0.15) is 0 Å². The first-order chi connectivity index (χ1) is 9.43. The summed E-state index contributed by atoms with van der Waals surface area (Å²) < 4.78 is 19.8. The monoisotopic (exact) mass is 402 g/mol. The quantitative estimate of drug-likeness (QED) is 0.801. The Hall–Kier alpha value is -0.910. The van der Waals surface area contributed by atoms with Crippen LogP contribution in [0, 0.1) is 12.7 Å². The number of benzene rings is 2. The van der Waals surface area contributed by atoms with Crippen molar-refractivity contribution >= 4 is 31.9 Å². The maximum absolute atomic E-state index is 13.5. The number of aliphatic hydroxyl groups is 1. The Morgan fingerprint density at radius 2 is 1.80 bits per heavy atom. The molecule has 2 rings (SSSR count). The first-order valence-electron chi connectivity index (χ1n) is 5.91. The second-order valence-electron chi connectivity index (χ2n) is 4.44. The molecule has 1 N–H and O–H groups in total. The molecule has 0 radical (unpaired) electrons. The Morgan fingerprint density at radius 1 is 1.10 bits per heavy atom. The van der Waals surface area contributed by atoms with E-state index in [1.54, 1.807) is 0 Å². The van der Waals surface area contributed by atoms with E-state index in [1.807, 2.05) is 25.1 Å². The van der Waals surface area contributed by atoms with Gasteiger partial charge in [-0.3, -0.25) is 0 Å². The molecule has 0 bridgehead atoms. The van der Waals surface area contributed by atoms with E-state index >= 15 is 0 Å². The SMILES string of the molecule is COc1cc(F)c(Br)cc1C(O)c1ccc(C)cc1Br. The van der Waals surface area contributed by atoms with Crippen LogP contribution in [-0.4, -0.2) is 12.2 Å². The molecule has 0 heterocycles. The maximum atomic E-state index is 13.5. The smallest absolute Gasteiger partial charge is 0.141 e. The molecule has 0 amide bonds. The summed E-state index contributed by atoms with van der Waals surface area (Å²) >= 11 is 6.56. The highest BCUT2D eigenvalue weighted by Crippen LogP contribution is 2.36. The largest absolute Gasteiger partial charge is 0.496 e. The first kappa shape index (κ1) is 15.5. The van der Waals surface area contributed by atoms with Crippen molar-refractivity contribution in [3.63, 3.8) is 0 Å². The normalized spacial score (nSPS) is 12.3. The minimum Gasteiger partial charge on any atom is -0.496 e. The van der Waals surface area contributed by atoms with Crippen LogP contribution in [0.4, 0.5) is 4.39 Å². The highest BCUT2D eigenvalue weighted by molar-refractivity contribution is 9.10. The summed E-state index contributed by atoms with van der Waals surface area (Å²) in [7, 11) is 1.45. The third-order valence-corrected chi connectivity index (χ3v) is 4.31. The molecule has 2 nitrogen and oxygen atoms in total. The molecule has 2 aromatic rings. The summed E-state index contributed by atoms with van der Waals surface area (Å²) in [6.45, 7) is 1.97. The van der Waals surface area contributed by atoms with E-state index in [1.165, 1.54) is 19.2 Å². The van der Waals surface area contributed by atoms with Crippen molar-refractivity contribution in [3.8, 4) is 5.75 Å². The molecule has 5 heteroatoms. The number of halogens is 3. The van der Waals surface area contributed by atoms with E-state index in [0.29, 0.717) is 16.9 Å². The van der Waals surface area contributed by atoms with Gasteiger partial charge in [0.05, 0.1) is 11.6 Å². The van der Waals surface area contributed by atoms with Gasteiger partial charge in [0.25, 0.3) is 0 Å². The number of hydrogen-bond donors (Lipinski definition) is 1. The average Bonchev–Trinajstić information content (AvgIpc) is 2.40. The van der Waals surface area contributed by atoms with E-state index in [9.17, 15) is 9.50 Å². The molecule has 0 spiro atoms. The van der Waals surface area contributed by atoms with Gasteiger partial charge in [0.2, 0.25) is 0 Å². The molecule has 0 fully saturated rings. The molecule has 0 aromatic heterocycles. The number of methoxy groups -OCH3 is 1. The lowest BCUT2D eigenvalue weighted by Gasteiger charge is -2.17. The zero-order valence-electron chi connectivity index (χ0n) is 11.0. The minimum absolute atomic E-state index is 0.288. The van der Waals surface area contributed by atoms with Gasteiger partial charge in [0.1, 0.15) is 17.7 Å². The van der Waals surface area contributed by atoms with Crippen LogP contribution < -0.4 is 4.74 Å². The van der Waals surface area contributed by atoms with Crippen molar-refractivity contribution in [1.82, 2.24) is 0 Å². The Bertz CT molecular complexity index is 644. The topological polar surface area (TPSA) is 29.5 Å². The van der Waals surface area contributed by atoms with E-state index in [0.717, 1.165) is 10.0 Å². The van der Waals surface area contributed by atoms with Crippen molar-refractivity contribution in [2.45, 2.75) is 13.0 Å². The number of aryl methyl sites for hydroxylation is 1. The molecule has 106 valence electrons. The van der Waals surface area contributed by atoms with Crippen LogP contribution in [0.25, 0.3) is 0 Å². The molecule has 0 aliphatic carbocycles. The predicted molar refractivity (Wildman–Crippen MR) is 83.6 cm³/mol. The highest BCUT2D eigenvalue weighted by Gasteiger charge is 2.20. The van der Waals surface area contributed by atoms with E-state index < -0.39 is 11.9 Å².